The Labute approximate surface area is 115 Å². The van der Waals surface area contributed by atoms with Crippen molar-refractivity contribution in [2.45, 2.75) is 4.90 Å². The maximum atomic E-state index is 12.5. The predicted octanol–water partition coefficient (Wildman–Crippen LogP) is 1.54. The number of rotatable bonds is 2. The van der Waals surface area contributed by atoms with Crippen molar-refractivity contribution in [1.82, 2.24) is 13.9 Å². The maximum absolute atomic E-state index is 12.5. The highest BCUT2D eigenvalue weighted by atomic mass is 32.2. The number of nitrogens with zero attached hydrogens (tertiary/aromatic N) is 4. The Kier molecular flexibility index (Phi) is 2.73. The second-order valence-corrected chi connectivity index (χ2v) is 5.84. The van der Waals surface area contributed by atoms with Gasteiger partial charge in [-0.15, -0.1) is 0 Å². The van der Waals surface area contributed by atoms with Crippen LogP contribution >= 0.6 is 0 Å². The zero-order valence-electron chi connectivity index (χ0n) is 10.1. The fourth-order valence-corrected chi connectivity index (χ4v) is 3.07. The molecule has 0 saturated heterocycles. The predicted molar refractivity (Wildman–Crippen MR) is 71.3 cm³/mol. The minimum atomic E-state index is -3.76. The number of pyridine rings is 1. The molecule has 0 amide bonds. The summed E-state index contributed by atoms with van der Waals surface area (Å²) < 4.78 is 26.0. The van der Waals surface area contributed by atoms with Gasteiger partial charge in [0.1, 0.15) is 11.8 Å². The largest absolute Gasteiger partial charge is 0.270 e. The van der Waals surface area contributed by atoms with Crippen molar-refractivity contribution >= 4 is 21.2 Å². The third kappa shape index (κ3) is 1.83. The van der Waals surface area contributed by atoms with Crippen LogP contribution in [-0.4, -0.2) is 22.4 Å². The molecule has 2 heterocycles. The van der Waals surface area contributed by atoms with Gasteiger partial charge in [-0.2, -0.15) is 5.26 Å². The van der Waals surface area contributed by atoms with Gasteiger partial charge >= 0.3 is 0 Å². The molecular formula is C13H8N4O2S. The first-order chi connectivity index (χ1) is 9.63. The number of nitriles is 1. The average molecular weight is 284 g/mol. The Bertz CT molecular complexity index is 921. The van der Waals surface area contributed by atoms with E-state index in [1.807, 2.05) is 6.07 Å². The number of imidazole rings is 1. The van der Waals surface area contributed by atoms with Gasteiger partial charge in [0.2, 0.25) is 0 Å². The molecule has 0 N–H and O–H groups in total. The topological polar surface area (TPSA) is 88.6 Å². The molecular weight excluding hydrogens is 276 g/mol. The Morgan fingerprint density at radius 1 is 1.10 bits per heavy atom. The van der Waals surface area contributed by atoms with Crippen LogP contribution in [0, 0.1) is 11.3 Å². The van der Waals surface area contributed by atoms with E-state index in [2.05, 4.69) is 9.97 Å². The van der Waals surface area contributed by atoms with Crippen molar-refractivity contribution in [3.05, 3.63) is 54.5 Å². The van der Waals surface area contributed by atoms with E-state index in [1.165, 1.54) is 36.8 Å². The van der Waals surface area contributed by atoms with E-state index in [1.54, 1.807) is 12.1 Å². The summed E-state index contributed by atoms with van der Waals surface area (Å²) in [6.45, 7) is 0. The van der Waals surface area contributed by atoms with Crippen molar-refractivity contribution in [3.8, 4) is 6.07 Å². The van der Waals surface area contributed by atoms with E-state index in [9.17, 15) is 8.42 Å². The molecule has 0 fully saturated rings. The smallest absolute Gasteiger partial charge is 0.236 e. The van der Waals surface area contributed by atoms with Crippen LogP contribution in [0.1, 0.15) is 5.56 Å². The standard InChI is InChI=1S/C13H8N4O2S/c14-8-10-3-5-11(6-4-10)20(18,19)17-9-16-12-2-1-7-15-13(12)17/h1-7,9H. The summed E-state index contributed by atoms with van der Waals surface area (Å²) in [6.07, 6.45) is 2.74. The van der Waals surface area contributed by atoms with Crippen molar-refractivity contribution in [2.75, 3.05) is 0 Å². The zero-order chi connectivity index (χ0) is 14.2. The van der Waals surface area contributed by atoms with Crippen LogP contribution in [0.5, 0.6) is 0 Å². The SMILES string of the molecule is N#Cc1ccc(S(=O)(=O)n2cnc3cccnc32)cc1. The first-order valence-corrected chi connectivity index (χ1v) is 7.11. The van der Waals surface area contributed by atoms with E-state index < -0.39 is 10.0 Å². The second-order valence-electron chi connectivity index (χ2n) is 4.03. The third-order valence-electron chi connectivity index (χ3n) is 2.82. The maximum Gasteiger partial charge on any atom is 0.270 e. The highest BCUT2D eigenvalue weighted by Gasteiger charge is 2.20. The van der Waals surface area contributed by atoms with Gasteiger partial charge in [-0.05, 0) is 36.4 Å². The van der Waals surface area contributed by atoms with Crippen LogP contribution in [0.15, 0.2) is 53.8 Å². The number of fused-ring (bicyclic) bond motifs is 1. The van der Waals surface area contributed by atoms with Gasteiger partial charge in [0.15, 0.2) is 5.65 Å². The average Bonchev–Trinajstić information content (AvgIpc) is 2.92. The van der Waals surface area contributed by atoms with E-state index >= 15 is 0 Å². The van der Waals surface area contributed by atoms with Crippen LogP contribution in [0.25, 0.3) is 11.2 Å². The highest BCUT2D eigenvalue weighted by molar-refractivity contribution is 7.90. The molecule has 6 nitrogen and oxygen atoms in total. The lowest BCUT2D eigenvalue weighted by atomic mass is 10.2. The quantitative estimate of drug-likeness (QED) is 0.712. The molecule has 0 saturated carbocycles. The molecule has 2 aromatic heterocycles. The lowest BCUT2D eigenvalue weighted by Crippen LogP contribution is -2.12. The fraction of sp³-hybridized carbons (Fsp3) is 0. The Morgan fingerprint density at radius 3 is 2.55 bits per heavy atom. The molecule has 0 radical (unpaired) electrons. The van der Waals surface area contributed by atoms with Crippen molar-refractivity contribution in [3.63, 3.8) is 0 Å². The Balaban J connectivity index is 2.18. The van der Waals surface area contributed by atoms with Crippen LogP contribution in [0.4, 0.5) is 0 Å². The lowest BCUT2D eigenvalue weighted by molar-refractivity contribution is 0.588. The molecule has 3 aromatic rings. The summed E-state index contributed by atoms with van der Waals surface area (Å²) in [5.74, 6) is 0. The summed E-state index contributed by atoms with van der Waals surface area (Å²) in [6, 6.07) is 11.0. The van der Waals surface area contributed by atoms with Gasteiger partial charge in [-0.25, -0.2) is 22.4 Å². The van der Waals surface area contributed by atoms with Crippen LogP contribution in [0.2, 0.25) is 0 Å². The van der Waals surface area contributed by atoms with E-state index in [4.69, 9.17) is 5.26 Å². The van der Waals surface area contributed by atoms with E-state index in [0.717, 1.165) is 3.97 Å². The summed E-state index contributed by atoms with van der Waals surface area (Å²) >= 11 is 0. The van der Waals surface area contributed by atoms with Crippen molar-refractivity contribution < 1.29 is 8.42 Å². The summed E-state index contributed by atoms with van der Waals surface area (Å²) in [5, 5.41) is 8.73. The monoisotopic (exact) mass is 284 g/mol. The lowest BCUT2D eigenvalue weighted by Gasteiger charge is -2.05. The first kappa shape index (κ1) is 12.3. The molecule has 0 aliphatic heterocycles. The highest BCUT2D eigenvalue weighted by Crippen LogP contribution is 2.18. The van der Waals surface area contributed by atoms with Gasteiger partial charge in [0.05, 0.1) is 16.5 Å². The van der Waals surface area contributed by atoms with Crippen molar-refractivity contribution in [1.29, 1.82) is 5.26 Å². The summed E-state index contributed by atoms with van der Waals surface area (Å²) in [5.41, 5.74) is 1.18. The van der Waals surface area contributed by atoms with Crippen LogP contribution < -0.4 is 0 Å². The molecule has 0 atom stereocenters. The zero-order valence-corrected chi connectivity index (χ0v) is 10.9. The molecule has 0 bridgehead atoms. The summed E-state index contributed by atoms with van der Waals surface area (Å²) in [7, 11) is -3.76. The van der Waals surface area contributed by atoms with Gasteiger partial charge in [-0.1, -0.05) is 0 Å². The molecule has 0 aliphatic carbocycles. The first-order valence-electron chi connectivity index (χ1n) is 5.67. The molecule has 0 aliphatic rings. The number of benzene rings is 1. The van der Waals surface area contributed by atoms with Crippen LogP contribution in [0.3, 0.4) is 0 Å². The van der Waals surface area contributed by atoms with Gasteiger partial charge in [0, 0.05) is 6.20 Å². The second kappa shape index (κ2) is 4.43. The minimum absolute atomic E-state index is 0.0847. The molecule has 98 valence electrons. The Morgan fingerprint density at radius 2 is 1.85 bits per heavy atom. The molecule has 0 unspecified atom stereocenters. The molecule has 3 rings (SSSR count). The molecule has 0 spiro atoms. The third-order valence-corrected chi connectivity index (χ3v) is 4.47. The van der Waals surface area contributed by atoms with Crippen molar-refractivity contribution in [2.24, 2.45) is 0 Å². The minimum Gasteiger partial charge on any atom is -0.236 e. The molecule has 1 aromatic carbocycles. The number of hydrogen-bond acceptors (Lipinski definition) is 5. The summed E-state index contributed by atoms with van der Waals surface area (Å²) in [4.78, 5) is 8.13. The number of aromatic nitrogens is 3. The van der Waals surface area contributed by atoms with Gasteiger partial charge < -0.3 is 0 Å². The van der Waals surface area contributed by atoms with Gasteiger partial charge in [0.25, 0.3) is 10.0 Å². The normalized spacial score (nSPS) is 11.3. The Hall–Kier alpha value is -2.72. The molecule has 7 heteroatoms. The fourth-order valence-electron chi connectivity index (χ4n) is 1.82. The molecule has 20 heavy (non-hydrogen) atoms. The van der Waals surface area contributed by atoms with Gasteiger partial charge in [-0.3, -0.25) is 0 Å². The number of hydrogen-bond donors (Lipinski definition) is 0. The van der Waals surface area contributed by atoms with Crippen LogP contribution in [-0.2, 0) is 10.0 Å². The van der Waals surface area contributed by atoms with E-state index in [-0.39, 0.29) is 10.5 Å². The van der Waals surface area contributed by atoms with E-state index in [0.29, 0.717) is 11.1 Å².